The third-order valence-electron chi connectivity index (χ3n) is 3.41. The first-order valence-corrected chi connectivity index (χ1v) is 6.79. The van der Waals surface area contributed by atoms with Gasteiger partial charge in [-0.1, -0.05) is 6.92 Å². The molecule has 1 saturated heterocycles. The van der Waals surface area contributed by atoms with Crippen LogP contribution in [0.1, 0.15) is 33.1 Å². The van der Waals surface area contributed by atoms with E-state index in [0.29, 0.717) is 39.1 Å². The minimum Gasteiger partial charge on any atom is -0.478 e. The van der Waals surface area contributed by atoms with Crippen molar-refractivity contribution in [2.24, 2.45) is 0 Å². The normalized spacial score (nSPS) is 18.1. The monoisotopic (exact) mass is 309 g/mol. The number of carbonyl (C=O) groups excluding carboxylic acids is 1. The standard InChI is InChI=1S/C13H23NO5.ClH/c1-3-11(15)19-13(12(16)17)5-7-14(8-6-13)9-10-18-4-2;/h3-10H2,1-2H3,(H,16,17);1H. The van der Waals surface area contributed by atoms with E-state index in [1.54, 1.807) is 6.92 Å². The number of piperidine rings is 1. The molecule has 1 rings (SSSR count). The largest absolute Gasteiger partial charge is 0.478 e. The van der Waals surface area contributed by atoms with E-state index in [1.165, 1.54) is 0 Å². The predicted octanol–water partition coefficient (Wildman–Crippen LogP) is 1.32. The quantitative estimate of drug-likeness (QED) is 0.564. The molecule has 0 spiro atoms. The molecule has 1 aliphatic rings. The van der Waals surface area contributed by atoms with Crippen LogP contribution in [0.25, 0.3) is 0 Å². The summed E-state index contributed by atoms with van der Waals surface area (Å²) in [6, 6.07) is 0. The summed E-state index contributed by atoms with van der Waals surface area (Å²) in [6.45, 7) is 6.93. The van der Waals surface area contributed by atoms with Crippen molar-refractivity contribution < 1.29 is 24.2 Å². The number of hydrogen-bond acceptors (Lipinski definition) is 5. The number of carboxylic acid groups (broad SMARTS) is 1. The molecule has 0 aliphatic carbocycles. The van der Waals surface area contributed by atoms with Gasteiger partial charge in [0.2, 0.25) is 5.60 Å². The zero-order chi connectivity index (χ0) is 14.3. The number of carbonyl (C=O) groups is 2. The van der Waals surface area contributed by atoms with Crippen molar-refractivity contribution in [2.75, 3.05) is 32.8 Å². The lowest BCUT2D eigenvalue weighted by Gasteiger charge is -2.38. The first kappa shape index (κ1) is 19.1. The van der Waals surface area contributed by atoms with Gasteiger partial charge in [-0.15, -0.1) is 12.4 Å². The highest BCUT2D eigenvalue weighted by molar-refractivity contribution is 5.85. The van der Waals surface area contributed by atoms with Gasteiger partial charge in [0.1, 0.15) is 0 Å². The second-order valence-electron chi connectivity index (χ2n) is 4.67. The van der Waals surface area contributed by atoms with Gasteiger partial charge in [0, 0.05) is 45.5 Å². The third kappa shape index (κ3) is 5.26. The van der Waals surface area contributed by atoms with Crippen molar-refractivity contribution in [2.45, 2.75) is 38.7 Å². The third-order valence-corrected chi connectivity index (χ3v) is 3.41. The molecular weight excluding hydrogens is 286 g/mol. The van der Waals surface area contributed by atoms with Gasteiger partial charge in [-0.25, -0.2) is 4.79 Å². The van der Waals surface area contributed by atoms with Gasteiger partial charge < -0.3 is 19.5 Å². The molecule has 0 aromatic heterocycles. The van der Waals surface area contributed by atoms with E-state index in [0.717, 1.165) is 6.54 Å². The molecule has 0 aromatic rings. The molecule has 118 valence electrons. The second-order valence-corrected chi connectivity index (χ2v) is 4.67. The fourth-order valence-electron chi connectivity index (χ4n) is 2.13. The molecule has 0 amide bonds. The van der Waals surface area contributed by atoms with Gasteiger partial charge in [-0.2, -0.15) is 0 Å². The minimum absolute atomic E-state index is 0. The van der Waals surface area contributed by atoms with Crippen LogP contribution >= 0.6 is 12.4 Å². The van der Waals surface area contributed by atoms with Crippen molar-refractivity contribution in [1.82, 2.24) is 4.90 Å². The Labute approximate surface area is 125 Å². The topological polar surface area (TPSA) is 76.1 Å². The average molecular weight is 310 g/mol. The highest BCUT2D eigenvalue weighted by atomic mass is 35.5. The lowest BCUT2D eigenvalue weighted by atomic mass is 9.91. The number of hydrogen-bond donors (Lipinski definition) is 1. The molecule has 20 heavy (non-hydrogen) atoms. The summed E-state index contributed by atoms with van der Waals surface area (Å²) in [4.78, 5) is 24.9. The Morgan fingerprint density at radius 2 is 1.85 bits per heavy atom. The molecule has 0 radical (unpaired) electrons. The Kier molecular flexibility index (Phi) is 8.76. The zero-order valence-corrected chi connectivity index (χ0v) is 12.9. The minimum atomic E-state index is -1.34. The van der Waals surface area contributed by atoms with Crippen molar-refractivity contribution in [3.63, 3.8) is 0 Å². The summed E-state index contributed by atoms with van der Waals surface area (Å²) in [5.41, 5.74) is -1.34. The molecule has 6 nitrogen and oxygen atoms in total. The second kappa shape index (κ2) is 9.15. The van der Waals surface area contributed by atoms with Crippen LogP contribution < -0.4 is 0 Å². The maximum Gasteiger partial charge on any atom is 0.348 e. The number of ether oxygens (including phenoxy) is 2. The summed E-state index contributed by atoms with van der Waals surface area (Å²) in [7, 11) is 0. The number of nitrogens with zero attached hydrogens (tertiary/aromatic N) is 1. The lowest BCUT2D eigenvalue weighted by Crippen LogP contribution is -2.52. The van der Waals surface area contributed by atoms with Gasteiger partial charge in [0.25, 0.3) is 0 Å². The van der Waals surface area contributed by atoms with Gasteiger partial charge in [0.15, 0.2) is 0 Å². The van der Waals surface area contributed by atoms with Crippen molar-refractivity contribution in [3.05, 3.63) is 0 Å². The fourth-order valence-corrected chi connectivity index (χ4v) is 2.13. The number of carboxylic acids is 1. The summed E-state index contributed by atoms with van der Waals surface area (Å²) in [5.74, 6) is -1.50. The van der Waals surface area contributed by atoms with Crippen molar-refractivity contribution in [3.8, 4) is 0 Å². The molecule has 0 saturated carbocycles. The number of rotatable bonds is 7. The number of halogens is 1. The Bertz CT molecular complexity index is 316. The van der Waals surface area contributed by atoms with Gasteiger partial charge in [-0.3, -0.25) is 4.79 Å². The first-order valence-electron chi connectivity index (χ1n) is 6.79. The van der Waals surface area contributed by atoms with E-state index < -0.39 is 17.5 Å². The van der Waals surface area contributed by atoms with E-state index in [9.17, 15) is 14.7 Å². The summed E-state index contributed by atoms with van der Waals surface area (Å²) in [6.07, 6.45) is 0.865. The summed E-state index contributed by atoms with van der Waals surface area (Å²) in [5, 5.41) is 9.31. The number of esters is 1. The molecule has 1 aliphatic heterocycles. The van der Waals surface area contributed by atoms with Crippen LogP contribution in [-0.2, 0) is 19.1 Å². The molecule has 1 N–H and O–H groups in total. The van der Waals surface area contributed by atoms with E-state index in [4.69, 9.17) is 9.47 Å². The smallest absolute Gasteiger partial charge is 0.348 e. The molecule has 1 fully saturated rings. The molecule has 1 heterocycles. The molecule has 0 bridgehead atoms. The van der Waals surface area contributed by atoms with Crippen LogP contribution in [0.5, 0.6) is 0 Å². The predicted molar refractivity (Wildman–Crippen MR) is 76.2 cm³/mol. The SMILES string of the molecule is CCOCCN1CCC(OC(=O)CC)(C(=O)O)CC1.Cl. The van der Waals surface area contributed by atoms with Crippen LogP contribution in [0.4, 0.5) is 0 Å². The number of likely N-dealkylation sites (tertiary alicyclic amines) is 1. The van der Waals surface area contributed by atoms with Crippen molar-refractivity contribution in [1.29, 1.82) is 0 Å². The van der Waals surface area contributed by atoms with Crippen molar-refractivity contribution >= 4 is 24.3 Å². The maximum atomic E-state index is 11.4. The summed E-state index contributed by atoms with van der Waals surface area (Å²) < 4.78 is 10.4. The highest BCUT2D eigenvalue weighted by Gasteiger charge is 2.44. The highest BCUT2D eigenvalue weighted by Crippen LogP contribution is 2.27. The van der Waals surface area contributed by atoms with Crippen LogP contribution in [0, 0.1) is 0 Å². The average Bonchev–Trinajstić information content (AvgIpc) is 2.40. The zero-order valence-electron chi connectivity index (χ0n) is 12.1. The Morgan fingerprint density at radius 3 is 2.30 bits per heavy atom. The van der Waals surface area contributed by atoms with E-state index in [2.05, 4.69) is 4.90 Å². The van der Waals surface area contributed by atoms with Crippen LogP contribution in [0.3, 0.4) is 0 Å². The van der Waals surface area contributed by atoms with Crippen LogP contribution in [0.15, 0.2) is 0 Å². The Balaban J connectivity index is 0.00000361. The fraction of sp³-hybridized carbons (Fsp3) is 0.846. The van der Waals surface area contributed by atoms with Gasteiger partial charge in [-0.05, 0) is 6.92 Å². The van der Waals surface area contributed by atoms with E-state index in [1.807, 2.05) is 6.92 Å². The van der Waals surface area contributed by atoms with E-state index in [-0.39, 0.29) is 18.8 Å². The maximum absolute atomic E-state index is 11.4. The molecule has 7 heteroatoms. The lowest BCUT2D eigenvalue weighted by molar-refractivity contribution is -0.184. The Morgan fingerprint density at radius 1 is 1.25 bits per heavy atom. The van der Waals surface area contributed by atoms with Gasteiger partial charge >= 0.3 is 11.9 Å². The van der Waals surface area contributed by atoms with E-state index >= 15 is 0 Å². The number of aliphatic carboxylic acids is 1. The summed E-state index contributed by atoms with van der Waals surface area (Å²) >= 11 is 0. The molecule has 0 aromatic carbocycles. The Hall–Kier alpha value is -0.850. The first-order chi connectivity index (χ1) is 9.04. The van der Waals surface area contributed by atoms with Gasteiger partial charge in [0.05, 0.1) is 6.61 Å². The molecule has 0 atom stereocenters. The van der Waals surface area contributed by atoms with Crippen LogP contribution in [0.2, 0.25) is 0 Å². The molecule has 0 unspecified atom stereocenters. The molecular formula is C13H24ClNO5. The van der Waals surface area contributed by atoms with Crippen LogP contribution in [-0.4, -0.2) is 60.4 Å².